The Hall–Kier alpha value is 0.310. The molecule has 1 heterocycles. The van der Waals surface area contributed by atoms with Crippen LogP contribution in [0, 0.1) is 5.41 Å². The van der Waals surface area contributed by atoms with Crippen molar-refractivity contribution in [1.82, 2.24) is 0 Å². The molecule has 1 nitrogen and oxygen atoms in total. The van der Waals surface area contributed by atoms with Crippen LogP contribution in [0.4, 0.5) is 0 Å². The van der Waals surface area contributed by atoms with E-state index in [1.54, 1.807) is 0 Å². The highest BCUT2D eigenvalue weighted by molar-refractivity contribution is 8.00. The summed E-state index contributed by atoms with van der Waals surface area (Å²) in [6, 6.07) is 0.551. The van der Waals surface area contributed by atoms with Gasteiger partial charge in [-0.1, -0.05) is 6.92 Å². The van der Waals surface area contributed by atoms with E-state index >= 15 is 0 Å². The third kappa shape index (κ3) is 0.802. The topological polar surface area (TPSA) is 26.0 Å². The van der Waals surface area contributed by atoms with Crippen molar-refractivity contribution in [3.63, 3.8) is 0 Å². The van der Waals surface area contributed by atoms with E-state index in [0.29, 0.717) is 11.5 Å². The zero-order valence-electron chi connectivity index (χ0n) is 5.76. The Kier molecular flexibility index (Phi) is 1.12. The van der Waals surface area contributed by atoms with E-state index in [1.807, 2.05) is 0 Å². The van der Waals surface area contributed by atoms with Crippen molar-refractivity contribution < 1.29 is 0 Å². The minimum Gasteiger partial charge on any atom is -0.327 e. The summed E-state index contributed by atoms with van der Waals surface area (Å²) in [6.07, 6.45) is 2.67. The minimum absolute atomic E-state index is 0.551. The lowest BCUT2D eigenvalue weighted by molar-refractivity contribution is 0.533. The van der Waals surface area contributed by atoms with Crippen LogP contribution < -0.4 is 5.73 Å². The van der Waals surface area contributed by atoms with Crippen molar-refractivity contribution in [1.29, 1.82) is 0 Å². The van der Waals surface area contributed by atoms with E-state index in [-0.39, 0.29) is 0 Å². The summed E-state index contributed by atoms with van der Waals surface area (Å²) in [4.78, 5) is 0. The first kappa shape index (κ1) is 6.05. The molecule has 1 saturated heterocycles. The van der Waals surface area contributed by atoms with Gasteiger partial charge in [0, 0.05) is 17.0 Å². The van der Waals surface area contributed by atoms with Crippen LogP contribution in [-0.4, -0.2) is 17.0 Å². The first-order chi connectivity index (χ1) is 4.23. The van der Waals surface area contributed by atoms with Crippen LogP contribution in [0.15, 0.2) is 0 Å². The van der Waals surface area contributed by atoms with Gasteiger partial charge in [0.2, 0.25) is 0 Å². The Labute approximate surface area is 60.4 Å². The normalized spacial score (nSPS) is 56.7. The molecule has 9 heavy (non-hydrogen) atoms. The molecule has 2 rings (SSSR count). The zero-order chi connectivity index (χ0) is 6.48. The number of nitrogens with two attached hydrogens (primary N) is 1. The smallest absolute Gasteiger partial charge is 0.0111 e. The van der Waals surface area contributed by atoms with E-state index in [2.05, 4.69) is 18.7 Å². The molecule has 1 spiro atoms. The van der Waals surface area contributed by atoms with E-state index in [9.17, 15) is 0 Å². The molecule has 0 aromatic heterocycles. The second-order valence-electron chi connectivity index (χ2n) is 3.50. The third-order valence-electron chi connectivity index (χ3n) is 2.60. The number of hydrogen-bond donors (Lipinski definition) is 1. The lowest BCUT2D eigenvalue weighted by atomic mass is 10.0. The van der Waals surface area contributed by atoms with Gasteiger partial charge >= 0.3 is 0 Å². The Balaban J connectivity index is 2.03. The molecule has 1 saturated carbocycles. The van der Waals surface area contributed by atoms with E-state index in [4.69, 9.17) is 5.73 Å². The monoisotopic (exact) mass is 143 g/mol. The molecular weight excluding hydrogens is 130 g/mol. The van der Waals surface area contributed by atoms with Gasteiger partial charge in [-0.25, -0.2) is 0 Å². The summed E-state index contributed by atoms with van der Waals surface area (Å²) in [5.74, 6) is 1.33. The molecule has 2 fully saturated rings. The maximum Gasteiger partial charge on any atom is 0.0111 e. The van der Waals surface area contributed by atoms with Crippen LogP contribution in [0.25, 0.3) is 0 Å². The largest absolute Gasteiger partial charge is 0.327 e. The van der Waals surface area contributed by atoms with Gasteiger partial charge in [-0.05, 0) is 18.3 Å². The van der Waals surface area contributed by atoms with E-state index in [0.717, 1.165) is 5.25 Å². The van der Waals surface area contributed by atoms with Crippen LogP contribution in [0.1, 0.15) is 19.8 Å². The van der Waals surface area contributed by atoms with Gasteiger partial charge in [0.25, 0.3) is 0 Å². The lowest BCUT2D eigenvalue weighted by Gasteiger charge is -2.02. The molecule has 3 unspecified atom stereocenters. The van der Waals surface area contributed by atoms with Gasteiger partial charge in [-0.15, -0.1) is 0 Å². The van der Waals surface area contributed by atoms with Gasteiger partial charge < -0.3 is 5.73 Å². The van der Waals surface area contributed by atoms with Crippen LogP contribution in [0.3, 0.4) is 0 Å². The average Bonchev–Trinajstić information content (AvgIpc) is 2.17. The third-order valence-corrected chi connectivity index (χ3v) is 4.08. The highest BCUT2D eigenvalue weighted by Gasteiger charge is 2.55. The molecule has 0 radical (unpaired) electrons. The fourth-order valence-electron chi connectivity index (χ4n) is 1.78. The molecular formula is C7H13NS. The van der Waals surface area contributed by atoms with Crippen LogP contribution in [0.5, 0.6) is 0 Å². The van der Waals surface area contributed by atoms with E-state index < -0.39 is 0 Å². The van der Waals surface area contributed by atoms with Gasteiger partial charge in [0.05, 0.1) is 0 Å². The molecule has 2 N–H and O–H groups in total. The van der Waals surface area contributed by atoms with Crippen molar-refractivity contribution in [2.75, 3.05) is 5.75 Å². The number of thioether (sulfide) groups is 1. The first-order valence-corrected chi connectivity index (χ1v) is 4.65. The van der Waals surface area contributed by atoms with Gasteiger partial charge in [-0.3, -0.25) is 0 Å². The van der Waals surface area contributed by atoms with Crippen molar-refractivity contribution in [3.05, 3.63) is 0 Å². The summed E-state index contributed by atoms with van der Waals surface area (Å²) in [6.45, 7) is 2.31. The highest BCUT2D eigenvalue weighted by atomic mass is 32.2. The summed E-state index contributed by atoms with van der Waals surface area (Å²) in [5.41, 5.74) is 6.43. The molecule has 2 aliphatic rings. The van der Waals surface area contributed by atoms with Crippen LogP contribution in [0.2, 0.25) is 0 Å². The van der Waals surface area contributed by atoms with Gasteiger partial charge in [0.1, 0.15) is 0 Å². The second kappa shape index (κ2) is 1.67. The zero-order valence-corrected chi connectivity index (χ0v) is 6.58. The molecule has 52 valence electrons. The quantitative estimate of drug-likeness (QED) is 0.552. The maximum absolute atomic E-state index is 5.81. The summed E-state index contributed by atoms with van der Waals surface area (Å²) in [5, 5.41) is 0.874. The SMILES string of the molecule is CC1CC2(CS1)CC2N. The minimum atomic E-state index is 0.551. The molecule has 0 aromatic rings. The van der Waals surface area contributed by atoms with Crippen molar-refractivity contribution in [2.24, 2.45) is 11.1 Å². The first-order valence-electron chi connectivity index (χ1n) is 3.60. The Bertz CT molecular complexity index is 135. The number of hydrogen-bond acceptors (Lipinski definition) is 2. The molecule has 1 aliphatic heterocycles. The summed E-state index contributed by atoms with van der Waals surface area (Å²) < 4.78 is 0. The average molecular weight is 143 g/mol. The Morgan fingerprint density at radius 1 is 1.56 bits per heavy atom. The van der Waals surface area contributed by atoms with Crippen LogP contribution in [-0.2, 0) is 0 Å². The Morgan fingerprint density at radius 3 is 2.44 bits per heavy atom. The summed E-state index contributed by atoms with van der Waals surface area (Å²) in [7, 11) is 0. The second-order valence-corrected chi connectivity index (χ2v) is 4.93. The molecule has 1 aliphatic carbocycles. The van der Waals surface area contributed by atoms with Crippen molar-refractivity contribution in [3.8, 4) is 0 Å². The fourth-order valence-corrected chi connectivity index (χ4v) is 3.29. The van der Waals surface area contributed by atoms with E-state index in [1.165, 1.54) is 18.6 Å². The van der Waals surface area contributed by atoms with Gasteiger partial charge in [0.15, 0.2) is 0 Å². The molecule has 2 heteroatoms. The molecule has 0 bridgehead atoms. The highest BCUT2D eigenvalue weighted by Crippen LogP contribution is 2.57. The predicted octanol–water partition coefficient (Wildman–Crippen LogP) is 1.23. The number of rotatable bonds is 0. The lowest BCUT2D eigenvalue weighted by Crippen LogP contribution is -2.13. The summed E-state index contributed by atoms with van der Waals surface area (Å²) >= 11 is 2.09. The maximum atomic E-state index is 5.81. The Morgan fingerprint density at radius 2 is 2.22 bits per heavy atom. The van der Waals surface area contributed by atoms with Gasteiger partial charge in [-0.2, -0.15) is 11.8 Å². The van der Waals surface area contributed by atoms with Crippen molar-refractivity contribution in [2.45, 2.75) is 31.1 Å². The predicted molar refractivity (Wildman–Crippen MR) is 41.6 cm³/mol. The molecule has 0 amide bonds. The fraction of sp³-hybridized carbons (Fsp3) is 1.00. The van der Waals surface area contributed by atoms with Crippen molar-refractivity contribution >= 4 is 11.8 Å². The molecule has 0 aromatic carbocycles. The molecule has 3 atom stereocenters. The van der Waals surface area contributed by atoms with Crippen LogP contribution >= 0.6 is 11.8 Å². The standard InChI is InChI=1S/C7H13NS/c1-5-2-7(4-9-5)3-6(7)8/h5-6H,2-4,8H2,1H3.